The number of halogens is 4. The topological polar surface area (TPSA) is 57.4 Å². The lowest BCUT2D eigenvalue weighted by atomic mass is 9.66. The van der Waals surface area contributed by atoms with Gasteiger partial charge in [0.1, 0.15) is 11.6 Å². The predicted molar refractivity (Wildman–Crippen MR) is 105 cm³/mol. The summed E-state index contributed by atoms with van der Waals surface area (Å²) in [5.74, 6) is -0.980. The number of ether oxygens (including phenoxy) is 1. The number of nitrogens with zero attached hydrogens (tertiary/aromatic N) is 2. The van der Waals surface area contributed by atoms with Gasteiger partial charge in [-0.15, -0.1) is 0 Å². The normalized spacial score (nSPS) is 25.5. The SMILES string of the molecule is CC1(C(F)(F)F)c2cc(C#N)ccc2NC2N=CC(Cl)=CC21.CCOC(C)C. The third-order valence-corrected chi connectivity index (χ3v) is 5.03. The minimum Gasteiger partial charge on any atom is -0.379 e. The summed E-state index contributed by atoms with van der Waals surface area (Å²) in [4.78, 5) is 4.08. The molecule has 2 heterocycles. The van der Waals surface area contributed by atoms with E-state index >= 15 is 0 Å². The zero-order valence-electron chi connectivity index (χ0n) is 16.1. The maximum absolute atomic E-state index is 13.9. The van der Waals surface area contributed by atoms with Gasteiger partial charge in [0.15, 0.2) is 0 Å². The highest BCUT2D eigenvalue weighted by atomic mass is 35.5. The first-order valence-corrected chi connectivity index (χ1v) is 9.32. The Labute approximate surface area is 168 Å². The number of nitriles is 1. The number of allylic oxidation sites excluding steroid dienone is 1. The second-order valence-corrected chi connectivity index (χ2v) is 7.46. The first kappa shape index (κ1) is 22.3. The van der Waals surface area contributed by atoms with Crippen molar-refractivity contribution in [2.75, 3.05) is 11.9 Å². The Kier molecular flexibility index (Phi) is 6.79. The van der Waals surface area contributed by atoms with E-state index in [0.717, 1.165) is 13.5 Å². The number of hydrogen-bond acceptors (Lipinski definition) is 4. The van der Waals surface area contributed by atoms with E-state index in [1.165, 1.54) is 30.5 Å². The van der Waals surface area contributed by atoms with Crippen molar-refractivity contribution in [2.45, 2.75) is 51.6 Å². The van der Waals surface area contributed by atoms with E-state index < -0.39 is 23.7 Å². The molecule has 1 aromatic carbocycles. The lowest BCUT2D eigenvalue weighted by molar-refractivity contribution is -0.199. The Morgan fingerprint density at radius 3 is 2.57 bits per heavy atom. The maximum Gasteiger partial charge on any atom is 0.398 e. The van der Waals surface area contributed by atoms with E-state index in [1.54, 1.807) is 0 Å². The molecule has 4 nitrogen and oxygen atoms in total. The smallest absolute Gasteiger partial charge is 0.379 e. The molecule has 3 atom stereocenters. The number of benzene rings is 1. The van der Waals surface area contributed by atoms with Crippen molar-refractivity contribution in [1.29, 1.82) is 5.26 Å². The molecule has 0 aromatic heterocycles. The zero-order valence-corrected chi connectivity index (χ0v) is 16.9. The number of anilines is 1. The second kappa shape index (κ2) is 8.54. The standard InChI is InChI=1S/C15H11ClF3N3.C5H12O/c1-14(15(17,18)19)10-4-8(6-20)2-3-12(10)22-13-11(14)5-9(16)7-21-13;1-4-6-5(2)3/h2-5,7,11,13,22H,1H3;5H,4H2,1-3H3. The quantitative estimate of drug-likeness (QED) is 0.707. The Hall–Kier alpha value is -2.04. The van der Waals surface area contributed by atoms with E-state index in [9.17, 15) is 13.2 Å². The van der Waals surface area contributed by atoms with Gasteiger partial charge in [0.05, 0.1) is 22.8 Å². The van der Waals surface area contributed by atoms with Crippen molar-refractivity contribution >= 4 is 23.5 Å². The Balaban J connectivity index is 0.000000409. The molecule has 152 valence electrons. The minimum absolute atomic E-state index is 0.0399. The fraction of sp³-hybridized carbons (Fsp3) is 0.500. The summed E-state index contributed by atoms with van der Waals surface area (Å²) in [5.41, 5.74) is -1.62. The van der Waals surface area contributed by atoms with Crippen LogP contribution in [0.1, 0.15) is 38.8 Å². The summed E-state index contributed by atoms with van der Waals surface area (Å²) >= 11 is 5.86. The Bertz CT molecular complexity index is 814. The lowest BCUT2D eigenvalue weighted by Gasteiger charge is -2.47. The first-order valence-electron chi connectivity index (χ1n) is 8.94. The number of fused-ring (bicyclic) bond motifs is 2. The number of rotatable bonds is 2. The molecule has 0 saturated carbocycles. The monoisotopic (exact) mass is 413 g/mol. The van der Waals surface area contributed by atoms with Crippen LogP contribution < -0.4 is 5.32 Å². The summed E-state index contributed by atoms with van der Waals surface area (Å²) in [5, 5.41) is 12.1. The lowest BCUT2D eigenvalue weighted by Crippen LogP contribution is -2.55. The van der Waals surface area contributed by atoms with Gasteiger partial charge in [0.2, 0.25) is 0 Å². The van der Waals surface area contributed by atoms with Gasteiger partial charge in [-0.05, 0) is 51.5 Å². The second-order valence-electron chi connectivity index (χ2n) is 7.02. The molecule has 1 N–H and O–H groups in total. The molecule has 0 amide bonds. The van der Waals surface area contributed by atoms with Gasteiger partial charge in [0.25, 0.3) is 0 Å². The van der Waals surface area contributed by atoms with Gasteiger partial charge in [0, 0.05) is 24.4 Å². The van der Waals surface area contributed by atoms with Crippen LogP contribution in [0.5, 0.6) is 0 Å². The summed E-state index contributed by atoms with van der Waals surface area (Å²) < 4.78 is 46.8. The van der Waals surface area contributed by atoms with Crippen molar-refractivity contribution in [3.05, 3.63) is 40.4 Å². The van der Waals surface area contributed by atoms with E-state index in [1.807, 2.05) is 26.8 Å². The molecule has 3 rings (SSSR count). The molecular weight excluding hydrogens is 391 g/mol. The van der Waals surface area contributed by atoms with Crippen molar-refractivity contribution in [2.24, 2.45) is 10.9 Å². The summed E-state index contributed by atoms with van der Waals surface area (Å²) in [6.45, 7) is 8.03. The summed E-state index contributed by atoms with van der Waals surface area (Å²) in [6.07, 6.45) is -2.13. The maximum atomic E-state index is 13.9. The van der Waals surface area contributed by atoms with Gasteiger partial charge < -0.3 is 10.1 Å². The third kappa shape index (κ3) is 4.34. The number of hydrogen-bond donors (Lipinski definition) is 1. The molecule has 0 aliphatic carbocycles. The first-order chi connectivity index (χ1) is 13.0. The van der Waals surface area contributed by atoms with E-state index in [0.29, 0.717) is 11.8 Å². The van der Waals surface area contributed by atoms with Crippen molar-refractivity contribution < 1.29 is 17.9 Å². The molecule has 0 radical (unpaired) electrons. The molecule has 3 unspecified atom stereocenters. The fourth-order valence-corrected chi connectivity index (χ4v) is 3.53. The number of dihydropyridines is 1. The van der Waals surface area contributed by atoms with E-state index in [2.05, 4.69) is 10.3 Å². The molecule has 0 fully saturated rings. The molecule has 1 aromatic rings. The summed E-state index contributed by atoms with van der Waals surface area (Å²) in [6, 6.07) is 6.14. The molecular formula is C20H23ClF3N3O. The number of alkyl halides is 3. The van der Waals surface area contributed by atoms with Crippen LogP contribution in [0.15, 0.2) is 34.3 Å². The van der Waals surface area contributed by atoms with Crippen LogP contribution in [-0.4, -0.2) is 31.3 Å². The van der Waals surface area contributed by atoms with Gasteiger partial charge in [-0.1, -0.05) is 17.7 Å². The van der Waals surface area contributed by atoms with Crippen LogP contribution >= 0.6 is 11.6 Å². The number of aliphatic imine (C=N–C) groups is 1. The van der Waals surface area contributed by atoms with Gasteiger partial charge in [-0.25, -0.2) is 0 Å². The zero-order chi connectivity index (χ0) is 21.1. The Morgan fingerprint density at radius 2 is 2.07 bits per heavy atom. The van der Waals surface area contributed by atoms with Crippen LogP contribution in [0.25, 0.3) is 0 Å². The predicted octanol–water partition coefficient (Wildman–Crippen LogP) is 5.38. The summed E-state index contributed by atoms with van der Waals surface area (Å²) in [7, 11) is 0. The minimum atomic E-state index is -4.51. The highest BCUT2D eigenvalue weighted by Gasteiger charge is 2.61. The van der Waals surface area contributed by atoms with Crippen LogP contribution in [0.2, 0.25) is 0 Å². The molecule has 0 saturated heterocycles. The van der Waals surface area contributed by atoms with Crippen LogP contribution in [0.4, 0.5) is 18.9 Å². The average molecular weight is 414 g/mol. The van der Waals surface area contributed by atoms with Crippen molar-refractivity contribution in [1.82, 2.24) is 0 Å². The van der Waals surface area contributed by atoms with Crippen molar-refractivity contribution in [3.8, 4) is 6.07 Å². The third-order valence-electron chi connectivity index (χ3n) is 4.80. The average Bonchev–Trinajstić information content (AvgIpc) is 2.62. The molecule has 0 bridgehead atoms. The molecule has 2 aliphatic rings. The number of nitrogens with one attached hydrogen (secondary N) is 1. The largest absolute Gasteiger partial charge is 0.398 e. The molecule has 2 aliphatic heterocycles. The van der Waals surface area contributed by atoms with Gasteiger partial charge in [-0.3, -0.25) is 4.99 Å². The van der Waals surface area contributed by atoms with Crippen LogP contribution in [-0.2, 0) is 10.2 Å². The highest BCUT2D eigenvalue weighted by molar-refractivity contribution is 6.39. The van der Waals surface area contributed by atoms with Crippen LogP contribution in [0.3, 0.4) is 0 Å². The Morgan fingerprint density at radius 1 is 1.39 bits per heavy atom. The van der Waals surface area contributed by atoms with Gasteiger partial charge >= 0.3 is 6.18 Å². The van der Waals surface area contributed by atoms with E-state index in [-0.39, 0.29) is 16.2 Å². The van der Waals surface area contributed by atoms with E-state index in [4.69, 9.17) is 21.6 Å². The van der Waals surface area contributed by atoms with Gasteiger partial charge in [-0.2, -0.15) is 18.4 Å². The molecule has 0 spiro atoms. The van der Waals surface area contributed by atoms with Crippen molar-refractivity contribution in [3.63, 3.8) is 0 Å². The van der Waals surface area contributed by atoms with Crippen LogP contribution in [0, 0.1) is 17.2 Å². The molecule has 8 heteroatoms. The molecule has 28 heavy (non-hydrogen) atoms. The highest BCUT2D eigenvalue weighted by Crippen LogP contribution is 2.54. The fourth-order valence-electron chi connectivity index (χ4n) is 3.34.